The van der Waals surface area contributed by atoms with E-state index in [1.54, 1.807) is 0 Å². The summed E-state index contributed by atoms with van der Waals surface area (Å²) in [6.07, 6.45) is 4.35. The van der Waals surface area contributed by atoms with Crippen LogP contribution in [0.3, 0.4) is 0 Å². The molecule has 0 saturated carbocycles. The van der Waals surface area contributed by atoms with E-state index in [9.17, 15) is 0 Å². The molecular weight excluding hydrogens is 336 g/mol. The summed E-state index contributed by atoms with van der Waals surface area (Å²) in [5, 5.41) is 8.58. The molecule has 2 aliphatic heterocycles. The van der Waals surface area contributed by atoms with Gasteiger partial charge in [0.15, 0.2) is 5.82 Å². The number of piperazine rings is 1. The first kappa shape index (κ1) is 18.0. The van der Waals surface area contributed by atoms with Crippen molar-refractivity contribution in [3.05, 3.63) is 35.5 Å². The number of anilines is 3. The lowest BCUT2D eigenvalue weighted by molar-refractivity contribution is 0.444. The van der Waals surface area contributed by atoms with Gasteiger partial charge >= 0.3 is 0 Å². The fourth-order valence-corrected chi connectivity index (χ4v) is 4.20. The van der Waals surface area contributed by atoms with Crippen molar-refractivity contribution in [2.75, 3.05) is 54.0 Å². The lowest BCUT2D eigenvalue weighted by atomic mass is 10.0. The highest BCUT2D eigenvalue weighted by Gasteiger charge is 2.23. The standard InChI is InChI=1S/C21H30N6/c1-16-6-5-9-27(15-16)20-14-22-24-21(23-20)26-12-10-25(11-13-26)19-8-4-7-17(2)18(19)3/h4,7-8,14,16H,5-6,9-13,15H2,1-3H3. The molecule has 1 aromatic heterocycles. The average Bonchev–Trinajstić information content (AvgIpc) is 2.70. The highest BCUT2D eigenvalue weighted by atomic mass is 15.4. The highest BCUT2D eigenvalue weighted by Crippen LogP contribution is 2.25. The summed E-state index contributed by atoms with van der Waals surface area (Å²) < 4.78 is 0. The Morgan fingerprint density at radius 2 is 1.74 bits per heavy atom. The van der Waals surface area contributed by atoms with Gasteiger partial charge in [-0.15, -0.1) is 5.10 Å². The maximum absolute atomic E-state index is 4.84. The molecule has 0 aliphatic carbocycles. The first-order chi connectivity index (χ1) is 13.1. The number of benzene rings is 1. The Balaban J connectivity index is 1.44. The monoisotopic (exact) mass is 366 g/mol. The van der Waals surface area contributed by atoms with E-state index in [-0.39, 0.29) is 0 Å². The Kier molecular flexibility index (Phi) is 5.14. The molecule has 144 valence electrons. The van der Waals surface area contributed by atoms with Crippen LogP contribution in [0.25, 0.3) is 0 Å². The van der Waals surface area contributed by atoms with Gasteiger partial charge in [-0.25, -0.2) is 0 Å². The van der Waals surface area contributed by atoms with E-state index >= 15 is 0 Å². The molecule has 0 radical (unpaired) electrons. The smallest absolute Gasteiger partial charge is 0.247 e. The van der Waals surface area contributed by atoms with Gasteiger partial charge in [0.05, 0.1) is 6.20 Å². The van der Waals surface area contributed by atoms with Crippen LogP contribution in [0.1, 0.15) is 30.9 Å². The number of piperidine rings is 1. The molecule has 0 bridgehead atoms. The Bertz CT molecular complexity index is 784. The molecule has 2 aliphatic rings. The van der Waals surface area contributed by atoms with Gasteiger partial charge in [0.2, 0.25) is 5.95 Å². The maximum Gasteiger partial charge on any atom is 0.247 e. The predicted molar refractivity (Wildman–Crippen MR) is 111 cm³/mol. The van der Waals surface area contributed by atoms with Gasteiger partial charge in [-0.2, -0.15) is 10.1 Å². The second kappa shape index (κ2) is 7.71. The average molecular weight is 367 g/mol. The molecule has 0 spiro atoms. The molecule has 6 nitrogen and oxygen atoms in total. The van der Waals surface area contributed by atoms with Crippen LogP contribution in [-0.2, 0) is 0 Å². The first-order valence-electron chi connectivity index (χ1n) is 10.1. The normalized spacial score (nSPS) is 20.9. The Hall–Kier alpha value is -2.37. The molecule has 6 heteroatoms. The maximum atomic E-state index is 4.84. The molecule has 1 aromatic carbocycles. The Labute approximate surface area is 162 Å². The zero-order chi connectivity index (χ0) is 18.8. The van der Waals surface area contributed by atoms with Crippen LogP contribution in [0.4, 0.5) is 17.5 Å². The van der Waals surface area contributed by atoms with Crippen LogP contribution in [0.2, 0.25) is 0 Å². The van der Waals surface area contributed by atoms with Crippen LogP contribution in [0, 0.1) is 19.8 Å². The van der Waals surface area contributed by atoms with Crippen LogP contribution in [0.5, 0.6) is 0 Å². The summed E-state index contributed by atoms with van der Waals surface area (Å²) in [6, 6.07) is 6.57. The third kappa shape index (κ3) is 3.84. The number of hydrogen-bond acceptors (Lipinski definition) is 6. The lowest BCUT2D eigenvalue weighted by Gasteiger charge is -2.37. The van der Waals surface area contributed by atoms with E-state index in [1.165, 1.54) is 29.7 Å². The summed E-state index contributed by atoms with van der Waals surface area (Å²) in [5.41, 5.74) is 4.08. The molecule has 4 rings (SSSR count). The van der Waals surface area contributed by atoms with Crippen molar-refractivity contribution < 1.29 is 0 Å². The summed E-state index contributed by atoms with van der Waals surface area (Å²) in [4.78, 5) is 11.9. The van der Waals surface area contributed by atoms with Crippen molar-refractivity contribution >= 4 is 17.5 Å². The van der Waals surface area contributed by atoms with E-state index in [4.69, 9.17) is 4.98 Å². The van der Waals surface area contributed by atoms with Gasteiger partial charge in [-0.1, -0.05) is 19.1 Å². The van der Waals surface area contributed by atoms with Gasteiger partial charge in [-0.05, 0) is 49.8 Å². The topological polar surface area (TPSA) is 48.4 Å². The van der Waals surface area contributed by atoms with E-state index in [0.717, 1.165) is 57.0 Å². The Morgan fingerprint density at radius 3 is 2.52 bits per heavy atom. The van der Waals surface area contributed by atoms with Crippen molar-refractivity contribution in [3.63, 3.8) is 0 Å². The molecule has 3 heterocycles. The molecule has 2 fully saturated rings. The summed E-state index contributed by atoms with van der Waals surface area (Å²) in [6.45, 7) is 12.7. The van der Waals surface area contributed by atoms with Crippen molar-refractivity contribution in [1.82, 2.24) is 15.2 Å². The largest absolute Gasteiger partial charge is 0.368 e. The van der Waals surface area contributed by atoms with Gasteiger partial charge in [0, 0.05) is 45.0 Å². The van der Waals surface area contributed by atoms with E-state index in [2.05, 4.69) is 63.9 Å². The van der Waals surface area contributed by atoms with Gasteiger partial charge < -0.3 is 14.7 Å². The summed E-state index contributed by atoms with van der Waals surface area (Å²) in [7, 11) is 0. The third-order valence-electron chi connectivity index (χ3n) is 6.00. The van der Waals surface area contributed by atoms with Crippen LogP contribution < -0.4 is 14.7 Å². The minimum atomic E-state index is 0.721. The second-order valence-corrected chi connectivity index (χ2v) is 8.00. The molecule has 27 heavy (non-hydrogen) atoms. The number of aryl methyl sites for hydroxylation is 1. The number of aromatic nitrogens is 3. The third-order valence-corrected chi connectivity index (χ3v) is 6.00. The van der Waals surface area contributed by atoms with Crippen molar-refractivity contribution in [3.8, 4) is 0 Å². The first-order valence-corrected chi connectivity index (χ1v) is 10.1. The molecule has 2 saturated heterocycles. The molecule has 2 aromatic rings. The molecule has 0 amide bonds. The fourth-order valence-electron chi connectivity index (χ4n) is 4.20. The van der Waals surface area contributed by atoms with E-state index in [1.807, 2.05) is 6.20 Å². The summed E-state index contributed by atoms with van der Waals surface area (Å²) in [5.74, 6) is 2.47. The van der Waals surface area contributed by atoms with Gasteiger partial charge in [0.1, 0.15) is 0 Å². The number of hydrogen-bond donors (Lipinski definition) is 0. The van der Waals surface area contributed by atoms with Crippen molar-refractivity contribution in [2.45, 2.75) is 33.6 Å². The molecular formula is C21H30N6. The van der Waals surface area contributed by atoms with Crippen LogP contribution >= 0.6 is 0 Å². The second-order valence-electron chi connectivity index (χ2n) is 8.00. The minimum absolute atomic E-state index is 0.721. The zero-order valence-electron chi connectivity index (χ0n) is 16.7. The molecule has 1 atom stereocenters. The van der Waals surface area contributed by atoms with E-state index in [0.29, 0.717) is 0 Å². The number of rotatable bonds is 3. The minimum Gasteiger partial charge on any atom is -0.368 e. The highest BCUT2D eigenvalue weighted by molar-refractivity contribution is 5.57. The quantitative estimate of drug-likeness (QED) is 0.832. The predicted octanol–water partition coefficient (Wildman–Crippen LogP) is 3.05. The number of nitrogens with zero attached hydrogens (tertiary/aromatic N) is 6. The SMILES string of the molecule is Cc1cccc(N2CCN(c3nncc(N4CCCC(C)C4)n3)CC2)c1C. The van der Waals surface area contributed by atoms with Crippen molar-refractivity contribution in [2.24, 2.45) is 5.92 Å². The van der Waals surface area contributed by atoms with Crippen molar-refractivity contribution in [1.29, 1.82) is 0 Å². The van der Waals surface area contributed by atoms with Gasteiger partial charge in [0.25, 0.3) is 0 Å². The summed E-state index contributed by atoms with van der Waals surface area (Å²) >= 11 is 0. The Morgan fingerprint density at radius 1 is 0.963 bits per heavy atom. The zero-order valence-corrected chi connectivity index (χ0v) is 16.7. The fraction of sp³-hybridized carbons (Fsp3) is 0.571. The van der Waals surface area contributed by atoms with Gasteiger partial charge in [-0.3, -0.25) is 0 Å². The van der Waals surface area contributed by atoms with Crippen LogP contribution in [-0.4, -0.2) is 54.4 Å². The van der Waals surface area contributed by atoms with E-state index < -0.39 is 0 Å². The molecule has 1 unspecified atom stereocenters. The lowest BCUT2D eigenvalue weighted by Crippen LogP contribution is -2.47. The van der Waals surface area contributed by atoms with Crippen LogP contribution in [0.15, 0.2) is 24.4 Å². The molecule has 0 N–H and O–H groups in total.